The number of methoxy groups -OCH3 is 1. The second kappa shape index (κ2) is 5.00. The summed E-state index contributed by atoms with van der Waals surface area (Å²) in [6, 6.07) is 1.32. The van der Waals surface area contributed by atoms with Crippen molar-refractivity contribution in [2.24, 2.45) is 5.41 Å². The number of hydrogen-bond donors (Lipinski definition) is 2. The van der Waals surface area contributed by atoms with Crippen LogP contribution in [-0.2, 0) is 9.53 Å². The van der Waals surface area contributed by atoms with Crippen molar-refractivity contribution in [2.75, 3.05) is 25.6 Å². The number of hydrogen-bond acceptors (Lipinski definition) is 6. The number of carboxylic acid groups (broad SMARTS) is 1. The summed E-state index contributed by atoms with van der Waals surface area (Å²) in [5, 5.41) is 12.3. The van der Waals surface area contributed by atoms with Crippen molar-refractivity contribution in [3.8, 4) is 5.88 Å². The van der Waals surface area contributed by atoms with Gasteiger partial charge in [-0.3, -0.25) is 4.79 Å². The molecule has 0 bridgehead atoms. The largest absolute Gasteiger partial charge is 0.481 e. The number of carbonyl (C=O) groups is 1. The van der Waals surface area contributed by atoms with Crippen molar-refractivity contribution in [1.82, 2.24) is 9.97 Å². The summed E-state index contributed by atoms with van der Waals surface area (Å²) >= 11 is 0. The lowest BCUT2D eigenvalue weighted by Gasteiger charge is -2.25. The summed E-state index contributed by atoms with van der Waals surface area (Å²) in [6.07, 6.45) is 0. The van der Waals surface area contributed by atoms with E-state index >= 15 is 0 Å². The first kappa shape index (κ1) is 13.5. The molecular formula is C12H17N3O4. The second-order valence-electron chi connectivity index (χ2n) is 4.81. The van der Waals surface area contributed by atoms with Crippen LogP contribution >= 0.6 is 0 Å². The minimum Gasteiger partial charge on any atom is -0.481 e. The number of aryl methyl sites for hydroxylation is 1. The van der Waals surface area contributed by atoms with E-state index in [0.29, 0.717) is 18.4 Å². The van der Waals surface area contributed by atoms with Gasteiger partial charge in [0.2, 0.25) is 11.8 Å². The van der Waals surface area contributed by atoms with E-state index in [-0.39, 0.29) is 12.6 Å². The van der Waals surface area contributed by atoms with E-state index in [9.17, 15) is 9.90 Å². The van der Waals surface area contributed by atoms with E-state index in [0.717, 1.165) is 5.69 Å². The molecule has 1 saturated heterocycles. The van der Waals surface area contributed by atoms with Gasteiger partial charge in [0.1, 0.15) is 5.41 Å². The summed E-state index contributed by atoms with van der Waals surface area (Å²) in [5.74, 6) is -0.118. The van der Waals surface area contributed by atoms with Crippen LogP contribution in [0.4, 0.5) is 5.95 Å². The first-order valence-corrected chi connectivity index (χ1v) is 5.93. The topological polar surface area (TPSA) is 93.6 Å². The first-order valence-electron chi connectivity index (χ1n) is 5.93. The Morgan fingerprint density at radius 1 is 1.63 bits per heavy atom. The molecule has 104 valence electrons. The van der Waals surface area contributed by atoms with Crippen LogP contribution in [-0.4, -0.2) is 47.4 Å². The molecule has 2 unspecified atom stereocenters. The number of nitrogens with one attached hydrogen (secondary N) is 1. The molecule has 1 fully saturated rings. The molecule has 0 amide bonds. The number of aliphatic carboxylic acids is 1. The van der Waals surface area contributed by atoms with E-state index < -0.39 is 11.4 Å². The van der Waals surface area contributed by atoms with Gasteiger partial charge in [0.05, 0.1) is 26.4 Å². The SMILES string of the molecule is COc1cc(C)nc(NC2COCC2(C)C(=O)O)n1. The van der Waals surface area contributed by atoms with Gasteiger partial charge in [0, 0.05) is 11.8 Å². The average molecular weight is 267 g/mol. The zero-order valence-electron chi connectivity index (χ0n) is 11.1. The van der Waals surface area contributed by atoms with Gasteiger partial charge in [-0.1, -0.05) is 0 Å². The molecule has 0 radical (unpaired) electrons. The van der Waals surface area contributed by atoms with Crippen molar-refractivity contribution < 1.29 is 19.4 Å². The van der Waals surface area contributed by atoms with Crippen LogP contribution in [0.1, 0.15) is 12.6 Å². The van der Waals surface area contributed by atoms with Crippen LogP contribution in [0.2, 0.25) is 0 Å². The van der Waals surface area contributed by atoms with E-state index in [1.165, 1.54) is 7.11 Å². The summed E-state index contributed by atoms with van der Waals surface area (Å²) < 4.78 is 10.3. The van der Waals surface area contributed by atoms with Crippen LogP contribution in [0, 0.1) is 12.3 Å². The minimum atomic E-state index is -0.986. The molecule has 19 heavy (non-hydrogen) atoms. The van der Waals surface area contributed by atoms with Gasteiger partial charge in [-0.15, -0.1) is 0 Å². The van der Waals surface area contributed by atoms with E-state index in [1.54, 1.807) is 13.0 Å². The van der Waals surface area contributed by atoms with Crippen LogP contribution in [0.15, 0.2) is 6.07 Å². The van der Waals surface area contributed by atoms with E-state index in [2.05, 4.69) is 15.3 Å². The Bertz CT molecular complexity index is 494. The fourth-order valence-electron chi connectivity index (χ4n) is 1.95. The summed E-state index contributed by atoms with van der Waals surface area (Å²) in [7, 11) is 1.52. The maximum Gasteiger partial charge on any atom is 0.313 e. The molecule has 2 N–H and O–H groups in total. The van der Waals surface area contributed by atoms with Crippen molar-refractivity contribution in [1.29, 1.82) is 0 Å². The van der Waals surface area contributed by atoms with Crippen molar-refractivity contribution >= 4 is 11.9 Å². The lowest BCUT2D eigenvalue weighted by atomic mass is 9.85. The Labute approximate surface area is 111 Å². The third kappa shape index (κ3) is 2.60. The smallest absolute Gasteiger partial charge is 0.313 e. The quantitative estimate of drug-likeness (QED) is 0.829. The molecule has 2 heterocycles. The van der Waals surface area contributed by atoms with Gasteiger partial charge in [-0.05, 0) is 13.8 Å². The minimum absolute atomic E-state index is 0.170. The number of carboxylic acids is 1. The molecular weight excluding hydrogens is 250 g/mol. The monoisotopic (exact) mass is 267 g/mol. The zero-order valence-corrected chi connectivity index (χ0v) is 11.1. The lowest BCUT2D eigenvalue weighted by Crippen LogP contribution is -2.43. The maximum absolute atomic E-state index is 11.3. The van der Waals surface area contributed by atoms with Crippen molar-refractivity contribution in [3.63, 3.8) is 0 Å². The molecule has 1 aliphatic rings. The fraction of sp³-hybridized carbons (Fsp3) is 0.583. The predicted octanol–water partition coefficient (Wildman–Crippen LogP) is 0.695. The molecule has 2 atom stereocenters. The predicted molar refractivity (Wildman–Crippen MR) is 67.3 cm³/mol. The highest BCUT2D eigenvalue weighted by Gasteiger charge is 2.47. The summed E-state index contributed by atoms with van der Waals surface area (Å²) in [6.45, 7) is 3.94. The molecule has 0 aromatic carbocycles. The van der Waals surface area contributed by atoms with E-state index in [1.807, 2.05) is 6.92 Å². The number of aromatic nitrogens is 2. The normalized spacial score (nSPS) is 26.2. The fourth-order valence-corrected chi connectivity index (χ4v) is 1.95. The zero-order chi connectivity index (χ0) is 14.0. The Hall–Kier alpha value is -1.89. The van der Waals surface area contributed by atoms with Gasteiger partial charge < -0.3 is 19.9 Å². The third-order valence-corrected chi connectivity index (χ3v) is 3.29. The van der Waals surface area contributed by atoms with Crippen molar-refractivity contribution in [3.05, 3.63) is 11.8 Å². The van der Waals surface area contributed by atoms with Crippen LogP contribution in [0.5, 0.6) is 5.88 Å². The standard InChI is InChI=1S/C12H17N3O4/c1-7-4-9(18-3)15-11(13-7)14-8-5-19-6-12(8,2)10(16)17/h4,8H,5-6H2,1-3H3,(H,16,17)(H,13,14,15). The third-order valence-electron chi connectivity index (χ3n) is 3.29. The number of nitrogens with zero attached hydrogens (tertiary/aromatic N) is 2. The maximum atomic E-state index is 11.3. The number of anilines is 1. The van der Waals surface area contributed by atoms with Crippen LogP contribution in [0.3, 0.4) is 0 Å². The molecule has 7 nitrogen and oxygen atoms in total. The molecule has 1 aromatic rings. The highest BCUT2D eigenvalue weighted by atomic mass is 16.5. The van der Waals surface area contributed by atoms with Gasteiger partial charge in [-0.25, -0.2) is 4.98 Å². The Kier molecular flexibility index (Phi) is 3.57. The number of rotatable bonds is 4. The highest BCUT2D eigenvalue weighted by molar-refractivity contribution is 5.76. The van der Waals surface area contributed by atoms with Crippen LogP contribution < -0.4 is 10.1 Å². The molecule has 1 aliphatic heterocycles. The first-order chi connectivity index (χ1) is 8.95. The molecule has 0 aliphatic carbocycles. The Morgan fingerprint density at radius 3 is 3.00 bits per heavy atom. The lowest BCUT2D eigenvalue weighted by molar-refractivity contribution is -0.148. The molecule has 7 heteroatoms. The highest BCUT2D eigenvalue weighted by Crippen LogP contribution is 2.30. The molecule has 2 rings (SSSR count). The van der Waals surface area contributed by atoms with Gasteiger partial charge >= 0.3 is 5.97 Å². The van der Waals surface area contributed by atoms with Gasteiger partial charge in [-0.2, -0.15) is 4.98 Å². The van der Waals surface area contributed by atoms with Gasteiger partial charge in [0.15, 0.2) is 0 Å². The second-order valence-corrected chi connectivity index (χ2v) is 4.81. The summed E-state index contributed by atoms with van der Waals surface area (Å²) in [5.41, 5.74) is -0.245. The molecule has 0 spiro atoms. The summed E-state index contributed by atoms with van der Waals surface area (Å²) in [4.78, 5) is 19.7. The molecule has 0 saturated carbocycles. The van der Waals surface area contributed by atoms with Crippen LogP contribution in [0.25, 0.3) is 0 Å². The Morgan fingerprint density at radius 2 is 2.37 bits per heavy atom. The molecule has 1 aromatic heterocycles. The van der Waals surface area contributed by atoms with E-state index in [4.69, 9.17) is 9.47 Å². The average Bonchev–Trinajstić information content (AvgIpc) is 2.71. The Balaban J connectivity index is 2.21. The van der Waals surface area contributed by atoms with Gasteiger partial charge in [0.25, 0.3) is 0 Å². The van der Waals surface area contributed by atoms with Crippen molar-refractivity contribution in [2.45, 2.75) is 19.9 Å². The number of ether oxygens (including phenoxy) is 2.